The second kappa shape index (κ2) is 9.74. The number of likely N-dealkylation sites (tertiary alicyclic amines) is 1. The minimum atomic E-state index is -0.778. The maximum absolute atomic E-state index is 13.3. The summed E-state index contributed by atoms with van der Waals surface area (Å²) in [7, 11) is 1.62. The first-order chi connectivity index (χ1) is 17.6. The SMILES string of the molecule is COc1ccc([C@@H]2CN(C(=O)[C@@H]3COC(C)(C)O3)C[C@@]2(C)[C@@H](C)O)cc1OC1CN(c2cnccn2)C1. The second-order valence-corrected chi connectivity index (χ2v) is 10.9. The summed E-state index contributed by atoms with van der Waals surface area (Å²) in [6.07, 6.45) is 3.78. The van der Waals surface area contributed by atoms with Crippen LogP contribution < -0.4 is 14.4 Å². The summed E-state index contributed by atoms with van der Waals surface area (Å²) in [6.45, 7) is 9.94. The number of ether oxygens (including phenoxy) is 4. The second-order valence-electron chi connectivity index (χ2n) is 10.9. The molecule has 37 heavy (non-hydrogen) atoms. The van der Waals surface area contributed by atoms with Gasteiger partial charge in [0, 0.05) is 36.8 Å². The fourth-order valence-corrected chi connectivity index (χ4v) is 5.44. The molecule has 10 heteroatoms. The molecule has 4 heterocycles. The van der Waals surface area contributed by atoms with E-state index in [1.807, 2.05) is 25.1 Å². The van der Waals surface area contributed by atoms with Crippen LogP contribution >= 0.6 is 0 Å². The van der Waals surface area contributed by atoms with Crippen molar-refractivity contribution in [3.8, 4) is 11.5 Å². The lowest BCUT2D eigenvalue weighted by molar-refractivity contribution is -0.159. The molecule has 1 amide bonds. The third kappa shape index (κ3) is 4.97. The number of aliphatic hydroxyl groups is 1. The van der Waals surface area contributed by atoms with Crippen LogP contribution in [0.1, 0.15) is 39.2 Å². The quantitative estimate of drug-likeness (QED) is 0.598. The molecule has 0 bridgehead atoms. The average Bonchev–Trinajstić information content (AvgIpc) is 3.41. The van der Waals surface area contributed by atoms with Crippen molar-refractivity contribution in [3.05, 3.63) is 42.4 Å². The van der Waals surface area contributed by atoms with Crippen molar-refractivity contribution in [1.29, 1.82) is 0 Å². The maximum atomic E-state index is 13.3. The Morgan fingerprint density at radius 3 is 2.59 bits per heavy atom. The predicted molar refractivity (Wildman–Crippen MR) is 136 cm³/mol. The Balaban J connectivity index is 1.33. The third-order valence-corrected chi connectivity index (χ3v) is 7.89. The van der Waals surface area contributed by atoms with E-state index in [4.69, 9.17) is 18.9 Å². The van der Waals surface area contributed by atoms with E-state index in [1.165, 1.54) is 0 Å². The van der Waals surface area contributed by atoms with Gasteiger partial charge in [0.2, 0.25) is 0 Å². The van der Waals surface area contributed by atoms with Crippen molar-refractivity contribution >= 4 is 11.7 Å². The number of anilines is 1. The smallest absolute Gasteiger partial charge is 0.254 e. The first kappa shape index (κ1) is 25.7. The number of rotatable bonds is 7. The van der Waals surface area contributed by atoms with E-state index >= 15 is 0 Å². The number of aromatic nitrogens is 2. The van der Waals surface area contributed by atoms with Crippen LogP contribution in [0.3, 0.4) is 0 Å². The molecule has 0 unspecified atom stereocenters. The molecule has 4 atom stereocenters. The zero-order valence-electron chi connectivity index (χ0n) is 22.1. The summed E-state index contributed by atoms with van der Waals surface area (Å²) in [5.41, 5.74) is 0.443. The van der Waals surface area contributed by atoms with Crippen LogP contribution in [0.4, 0.5) is 5.82 Å². The van der Waals surface area contributed by atoms with Crippen molar-refractivity contribution in [2.75, 3.05) is 44.8 Å². The van der Waals surface area contributed by atoms with Crippen LogP contribution in [0.25, 0.3) is 0 Å². The van der Waals surface area contributed by atoms with Crippen LogP contribution in [0, 0.1) is 5.41 Å². The standard InChI is InChI=1S/C27H36N4O6/c1-17(32)27(4)16-31(25(33)23-15-35-26(2,3)37-23)14-20(27)18-6-7-21(34-5)22(10-18)36-19-12-30(13-19)24-11-28-8-9-29-24/h6-11,17,19-20,23,32H,12-16H2,1-5H3/t17-,20+,23+,27+/m1/s1. The van der Waals surface area contributed by atoms with Gasteiger partial charge in [-0.15, -0.1) is 0 Å². The number of aliphatic hydroxyl groups excluding tert-OH is 1. The first-order valence-electron chi connectivity index (χ1n) is 12.7. The first-order valence-corrected chi connectivity index (χ1v) is 12.7. The molecular weight excluding hydrogens is 476 g/mol. The Kier molecular flexibility index (Phi) is 6.76. The summed E-state index contributed by atoms with van der Waals surface area (Å²) >= 11 is 0. The van der Waals surface area contributed by atoms with Crippen LogP contribution in [0.5, 0.6) is 11.5 Å². The highest BCUT2D eigenvalue weighted by molar-refractivity contribution is 5.82. The summed E-state index contributed by atoms with van der Waals surface area (Å²) in [5, 5.41) is 10.8. The molecule has 0 radical (unpaired) electrons. The largest absolute Gasteiger partial charge is 0.493 e. The van der Waals surface area contributed by atoms with E-state index in [-0.39, 0.29) is 24.5 Å². The number of benzene rings is 1. The highest BCUT2D eigenvalue weighted by Crippen LogP contribution is 2.47. The summed E-state index contributed by atoms with van der Waals surface area (Å²) < 4.78 is 23.4. The molecule has 2 aromatic rings. The van der Waals surface area contributed by atoms with Crippen LogP contribution in [0.15, 0.2) is 36.8 Å². The van der Waals surface area contributed by atoms with Gasteiger partial charge < -0.3 is 33.9 Å². The number of methoxy groups -OCH3 is 1. The Labute approximate surface area is 217 Å². The number of nitrogens with zero attached hydrogens (tertiary/aromatic N) is 4. The fraction of sp³-hybridized carbons (Fsp3) is 0.593. The fourth-order valence-electron chi connectivity index (χ4n) is 5.44. The van der Waals surface area contributed by atoms with Crippen molar-refractivity contribution < 1.29 is 28.8 Å². The Morgan fingerprint density at radius 1 is 1.19 bits per heavy atom. The highest BCUT2D eigenvalue weighted by atomic mass is 16.7. The molecule has 1 aromatic carbocycles. The van der Waals surface area contributed by atoms with Crippen molar-refractivity contribution in [1.82, 2.24) is 14.9 Å². The van der Waals surface area contributed by atoms with E-state index < -0.39 is 23.4 Å². The molecule has 3 aliphatic rings. The Bertz CT molecular complexity index is 1120. The van der Waals surface area contributed by atoms with E-state index in [0.29, 0.717) is 37.7 Å². The lowest BCUT2D eigenvalue weighted by Gasteiger charge is -2.40. The summed E-state index contributed by atoms with van der Waals surface area (Å²) in [4.78, 5) is 25.7. The Morgan fingerprint density at radius 2 is 1.97 bits per heavy atom. The van der Waals surface area contributed by atoms with Crippen LogP contribution in [0.2, 0.25) is 0 Å². The number of amides is 1. The maximum Gasteiger partial charge on any atom is 0.254 e. The monoisotopic (exact) mass is 512 g/mol. The Hall–Kier alpha value is -2.95. The van der Waals surface area contributed by atoms with E-state index in [1.54, 1.807) is 51.4 Å². The summed E-state index contributed by atoms with van der Waals surface area (Å²) in [5.74, 6) is 1.13. The molecule has 0 aliphatic carbocycles. The lowest BCUT2D eigenvalue weighted by atomic mass is 9.72. The van der Waals surface area contributed by atoms with Crippen molar-refractivity contribution in [2.24, 2.45) is 5.41 Å². The molecular formula is C27H36N4O6. The topological polar surface area (TPSA) is 106 Å². The van der Waals surface area contributed by atoms with Gasteiger partial charge in [0.1, 0.15) is 11.9 Å². The lowest BCUT2D eigenvalue weighted by Crippen LogP contribution is -2.54. The number of carbonyl (C=O) groups excluding carboxylic acids is 1. The van der Waals surface area contributed by atoms with Crippen molar-refractivity contribution in [3.63, 3.8) is 0 Å². The predicted octanol–water partition coefficient (Wildman–Crippen LogP) is 2.22. The van der Waals surface area contributed by atoms with Crippen LogP contribution in [-0.4, -0.2) is 89.9 Å². The van der Waals surface area contributed by atoms with Gasteiger partial charge in [-0.2, -0.15) is 0 Å². The molecule has 3 aliphatic heterocycles. The number of hydrogen-bond donors (Lipinski definition) is 1. The molecule has 3 saturated heterocycles. The number of carbonyl (C=O) groups is 1. The number of hydrogen-bond acceptors (Lipinski definition) is 9. The van der Waals surface area contributed by atoms with Gasteiger partial charge in [-0.05, 0) is 38.5 Å². The molecule has 200 valence electrons. The van der Waals surface area contributed by atoms with Crippen molar-refractivity contribution in [2.45, 2.75) is 57.7 Å². The van der Waals surface area contributed by atoms with Gasteiger partial charge in [-0.3, -0.25) is 9.78 Å². The van der Waals surface area contributed by atoms with Gasteiger partial charge in [-0.25, -0.2) is 4.98 Å². The van der Waals surface area contributed by atoms with Gasteiger partial charge in [0.15, 0.2) is 23.4 Å². The molecule has 3 fully saturated rings. The van der Waals surface area contributed by atoms with E-state index in [0.717, 1.165) is 11.4 Å². The van der Waals surface area contributed by atoms with E-state index in [9.17, 15) is 9.90 Å². The average molecular weight is 513 g/mol. The zero-order chi connectivity index (χ0) is 26.4. The zero-order valence-corrected chi connectivity index (χ0v) is 22.1. The molecule has 0 saturated carbocycles. The molecule has 10 nitrogen and oxygen atoms in total. The molecule has 1 N–H and O–H groups in total. The summed E-state index contributed by atoms with van der Waals surface area (Å²) in [6, 6.07) is 5.88. The minimum Gasteiger partial charge on any atom is -0.493 e. The van der Waals surface area contributed by atoms with Gasteiger partial charge >= 0.3 is 0 Å². The minimum absolute atomic E-state index is 0.0150. The third-order valence-electron chi connectivity index (χ3n) is 7.89. The van der Waals surface area contributed by atoms with Gasteiger partial charge in [0.25, 0.3) is 5.91 Å². The highest BCUT2D eigenvalue weighted by Gasteiger charge is 2.50. The van der Waals surface area contributed by atoms with Gasteiger partial charge in [0.05, 0.1) is 39.1 Å². The molecule has 0 spiro atoms. The van der Waals surface area contributed by atoms with Gasteiger partial charge in [-0.1, -0.05) is 13.0 Å². The molecule has 1 aromatic heterocycles. The van der Waals surface area contributed by atoms with Crippen LogP contribution in [-0.2, 0) is 14.3 Å². The van der Waals surface area contributed by atoms with E-state index in [2.05, 4.69) is 14.9 Å². The normalized spacial score (nSPS) is 28.2. The molecule has 5 rings (SSSR count).